The highest BCUT2D eigenvalue weighted by Crippen LogP contribution is 2.29. The molecule has 0 saturated heterocycles. The van der Waals surface area contributed by atoms with Gasteiger partial charge in [-0.05, 0) is 26.2 Å². The van der Waals surface area contributed by atoms with Crippen LogP contribution in [0.2, 0.25) is 0 Å². The van der Waals surface area contributed by atoms with Gasteiger partial charge in [-0.3, -0.25) is 0 Å². The Balaban J connectivity index is 2.66. The van der Waals surface area contributed by atoms with Crippen LogP contribution in [0.5, 0.6) is 0 Å². The van der Waals surface area contributed by atoms with E-state index in [4.69, 9.17) is 9.84 Å². The molecule has 1 aliphatic rings. The molecular weight excluding hydrogens is 274 g/mol. The van der Waals surface area contributed by atoms with E-state index in [1.807, 2.05) is 0 Å². The van der Waals surface area contributed by atoms with Gasteiger partial charge in [0.25, 0.3) is 0 Å². The first kappa shape index (κ1) is 15.2. The van der Waals surface area contributed by atoms with Crippen molar-refractivity contribution in [2.45, 2.75) is 32.4 Å². The summed E-state index contributed by atoms with van der Waals surface area (Å²) in [5, 5.41) is 13.3. The molecule has 0 aliphatic carbocycles. The topological polar surface area (TPSA) is 75.6 Å². The summed E-state index contributed by atoms with van der Waals surface area (Å²) in [5.41, 5.74) is -0.643. The van der Waals surface area contributed by atoms with E-state index >= 15 is 0 Å². The molecule has 0 fully saturated rings. The summed E-state index contributed by atoms with van der Waals surface area (Å²) < 4.78 is 5.05. The summed E-state index contributed by atoms with van der Waals surface area (Å²) in [6.07, 6.45) is -0.716. The SMILES string of the molecule is CC(C)(C)OC(=O)NC(C(=O)O)C1=CSCCS1. The van der Waals surface area contributed by atoms with Crippen LogP contribution in [-0.4, -0.2) is 40.3 Å². The van der Waals surface area contributed by atoms with Crippen LogP contribution in [0.3, 0.4) is 0 Å². The quantitative estimate of drug-likeness (QED) is 0.831. The van der Waals surface area contributed by atoms with Gasteiger partial charge in [0.05, 0.1) is 0 Å². The van der Waals surface area contributed by atoms with Crippen molar-refractivity contribution in [3.8, 4) is 0 Å². The largest absolute Gasteiger partial charge is 0.479 e. The molecule has 0 aromatic rings. The zero-order chi connectivity index (χ0) is 13.8. The number of hydrogen-bond donors (Lipinski definition) is 2. The molecule has 1 atom stereocenters. The summed E-state index contributed by atoms with van der Waals surface area (Å²) in [5.74, 6) is 0.713. The molecule has 18 heavy (non-hydrogen) atoms. The van der Waals surface area contributed by atoms with Gasteiger partial charge in [0.15, 0.2) is 6.04 Å². The van der Waals surface area contributed by atoms with Crippen molar-refractivity contribution in [1.29, 1.82) is 0 Å². The van der Waals surface area contributed by atoms with E-state index in [2.05, 4.69) is 5.32 Å². The fourth-order valence-electron chi connectivity index (χ4n) is 1.21. The Morgan fingerprint density at radius 2 is 2.11 bits per heavy atom. The molecule has 0 saturated carbocycles. The van der Waals surface area contributed by atoms with Crippen LogP contribution < -0.4 is 5.32 Å². The summed E-state index contributed by atoms with van der Waals surface area (Å²) in [7, 11) is 0. The Morgan fingerprint density at radius 3 is 2.56 bits per heavy atom. The maximum Gasteiger partial charge on any atom is 0.408 e. The standard InChI is InChI=1S/C11H17NO4S2/c1-11(2,3)16-10(15)12-8(9(13)14)7-6-17-4-5-18-7/h6,8H,4-5H2,1-3H3,(H,12,15)(H,13,14). The van der Waals surface area contributed by atoms with Gasteiger partial charge in [-0.25, -0.2) is 9.59 Å². The molecule has 0 aromatic heterocycles. The Morgan fingerprint density at radius 1 is 1.44 bits per heavy atom. The number of rotatable bonds is 3. The van der Waals surface area contributed by atoms with Crippen LogP contribution in [0.25, 0.3) is 0 Å². The number of carboxylic acid groups (broad SMARTS) is 1. The minimum Gasteiger partial charge on any atom is -0.479 e. The maximum absolute atomic E-state index is 11.6. The predicted molar refractivity (Wildman–Crippen MR) is 73.8 cm³/mol. The zero-order valence-electron chi connectivity index (χ0n) is 10.6. The Labute approximate surface area is 115 Å². The molecule has 102 valence electrons. The van der Waals surface area contributed by atoms with E-state index in [9.17, 15) is 9.59 Å². The van der Waals surface area contributed by atoms with E-state index in [-0.39, 0.29) is 0 Å². The van der Waals surface area contributed by atoms with Gasteiger partial charge in [-0.15, -0.1) is 23.5 Å². The number of aliphatic carboxylic acids is 1. The van der Waals surface area contributed by atoms with Crippen LogP contribution in [-0.2, 0) is 9.53 Å². The molecule has 1 unspecified atom stereocenters. The molecule has 2 N–H and O–H groups in total. The Kier molecular flexibility index (Phi) is 5.40. The number of amides is 1. The fraction of sp³-hybridized carbons (Fsp3) is 0.636. The zero-order valence-corrected chi connectivity index (χ0v) is 12.2. The molecular formula is C11H17NO4S2. The molecule has 1 heterocycles. The van der Waals surface area contributed by atoms with E-state index in [0.717, 1.165) is 11.5 Å². The lowest BCUT2D eigenvalue weighted by Gasteiger charge is -2.23. The first-order valence-corrected chi connectivity index (χ1v) is 7.50. The van der Waals surface area contributed by atoms with Crippen LogP contribution in [0.1, 0.15) is 20.8 Å². The van der Waals surface area contributed by atoms with Crippen LogP contribution in [0.4, 0.5) is 4.79 Å². The molecule has 1 aliphatic heterocycles. The van der Waals surface area contributed by atoms with Crippen LogP contribution in [0.15, 0.2) is 10.3 Å². The minimum atomic E-state index is -1.08. The monoisotopic (exact) mass is 291 g/mol. The number of hydrogen-bond acceptors (Lipinski definition) is 5. The van der Waals surface area contributed by atoms with Gasteiger partial charge < -0.3 is 15.2 Å². The minimum absolute atomic E-state index is 0.643. The number of alkyl carbamates (subject to hydrolysis) is 1. The number of nitrogens with one attached hydrogen (secondary N) is 1. The van der Waals surface area contributed by atoms with Gasteiger partial charge >= 0.3 is 12.1 Å². The smallest absolute Gasteiger partial charge is 0.408 e. The molecule has 1 rings (SSSR count). The van der Waals surface area contributed by atoms with E-state index in [1.54, 1.807) is 37.9 Å². The normalized spacial score (nSPS) is 17.6. The summed E-state index contributed by atoms with van der Waals surface area (Å²) in [4.78, 5) is 23.4. The van der Waals surface area contributed by atoms with Crippen molar-refractivity contribution in [2.24, 2.45) is 0 Å². The van der Waals surface area contributed by atoms with Crippen molar-refractivity contribution >= 4 is 35.6 Å². The van der Waals surface area contributed by atoms with Crippen molar-refractivity contribution in [1.82, 2.24) is 5.32 Å². The maximum atomic E-state index is 11.6. The summed E-state index contributed by atoms with van der Waals surface area (Å²) >= 11 is 3.00. The van der Waals surface area contributed by atoms with E-state index in [1.165, 1.54) is 11.8 Å². The lowest BCUT2D eigenvalue weighted by atomic mass is 10.2. The average molecular weight is 291 g/mol. The molecule has 0 aromatic carbocycles. The average Bonchev–Trinajstić information content (AvgIpc) is 2.24. The number of ether oxygens (including phenoxy) is 1. The second-order valence-electron chi connectivity index (χ2n) is 4.66. The molecule has 0 spiro atoms. The van der Waals surface area contributed by atoms with Crippen molar-refractivity contribution in [3.63, 3.8) is 0 Å². The van der Waals surface area contributed by atoms with E-state index in [0.29, 0.717) is 4.91 Å². The first-order valence-electron chi connectivity index (χ1n) is 5.46. The first-order chi connectivity index (χ1) is 8.29. The Hall–Kier alpha value is -0.820. The van der Waals surface area contributed by atoms with Gasteiger partial charge in [0, 0.05) is 16.4 Å². The number of carboxylic acids is 1. The molecule has 0 bridgehead atoms. The highest BCUT2D eigenvalue weighted by Gasteiger charge is 2.28. The summed E-state index contributed by atoms with van der Waals surface area (Å²) in [6, 6.07) is -1.03. The highest BCUT2D eigenvalue weighted by atomic mass is 32.2. The van der Waals surface area contributed by atoms with Gasteiger partial charge in [0.2, 0.25) is 0 Å². The molecule has 1 amide bonds. The van der Waals surface area contributed by atoms with Gasteiger partial charge in [-0.1, -0.05) is 0 Å². The third kappa shape index (κ3) is 5.22. The van der Waals surface area contributed by atoms with Crippen LogP contribution in [0, 0.1) is 0 Å². The predicted octanol–water partition coefficient (Wildman–Crippen LogP) is 2.29. The molecule has 7 heteroatoms. The van der Waals surface area contributed by atoms with Crippen molar-refractivity contribution in [3.05, 3.63) is 10.3 Å². The van der Waals surface area contributed by atoms with Gasteiger partial charge in [-0.2, -0.15) is 0 Å². The lowest BCUT2D eigenvalue weighted by molar-refractivity contribution is -0.138. The van der Waals surface area contributed by atoms with Gasteiger partial charge in [0.1, 0.15) is 5.60 Å². The van der Waals surface area contributed by atoms with E-state index < -0.39 is 23.7 Å². The highest BCUT2D eigenvalue weighted by molar-refractivity contribution is 8.09. The second-order valence-corrected chi connectivity index (χ2v) is 6.80. The number of carbonyl (C=O) groups is 2. The summed E-state index contributed by atoms with van der Waals surface area (Å²) in [6.45, 7) is 5.19. The third-order valence-corrected chi connectivity index (χ3v) is 4.23. The number of carbonyl (C=O) groups excluding carboxylic acids is 1. The van der Waals surface area contributed by atoms with Crippen molar-refractivity contribution < 1.29 is 19.4 Å². The number of thioether (sulfide) groups is 2. The second kappa shape index (κ2) is 6.38. The third-order valence-electron chi connectivity index (χ3n) is 1.86. The van der Waals surface area contributed by atoms with Crippen molar-refractivity contribution in [2.75, 3.05) is 11.5 Å². The van der Waals surface area contributed by atoms with Crippen LogP contribution >= 0.6 is 23.5 Å². The molecule has 5 nitrogen and oxygen atoms in total. The lowest BCUT2D eigenvalue weighted by Crippen LogP contribution is -2.44. The molecule has 0 radical (unpaired) electrons. The fourth-order valence-corrected chi connectivity index (χ4v) is 3.39. The Bertz CT molecular complexity index is 363.